The van der Waals surface area contributed by atoms with Gasteiger partial charge in [0.2, 0.25) is 0 Å². The summed E-state index contributed by atoms with van der Waals surface area (Å²) in [6, 6.07) is 0. The molecule has 0 saturated heterocycles. The van der Waals surface area contributed by atoms with Crippen molar-refractivity contribution in [3.8, 4) is 11.5 Å². The van der Waals surface area contributed by atoms with Gasteiger partial charge in [0, 0.05) is 12.0 Å². The Labute approximate surface area is 92.3 Å². The molecule has 0 saturated carbocycles. The fourth-order valence-corrected chi connectivity index (χ4v) is 2.56. The predicted molar refractivity (Wildman–Crippen MR) is 59.4 cm³/mol. The molecule has 2 nitrogen and oxygen atoms in total. The molecule has 14 heavy (non-hydrogen) atoms. The summed E-state index contributed by atoms with van der Waals surface area (Å²) in [6.45, 7) is 4.93. The molecule has 1 aliphatic heterocycles. The molecule has 1 aromatic carbocycles. The van der Waals surface area contributed by atoms with Crippen molar-refractivity contribution in [3.63, 3.8) is 0 Å². The Morgan fingerprint density at radius 3 is 2.64 bits per heavy atom. The van der Waals surface area contributed by atoms with Crippen LogP contribution >= 0.6 is 15.9 Å². The maximum Gasteiger partial charge on any atom is 0.140 e. The van der Waals surface area contributed by atoms with Crippen molar-refractivity contribution < 1.29 is 9.47 Å². The van der Waals surface area contributed by atoms with E-state index in [0.717, 1.165) is 29.0 Å². The fraction of sp³-hybridized carbons (Fsp3) is 0.455. The molecule has 3 heteroatoms. The van der Waals surface area contributed by atoms with Crippen molar-refractivity contribution in [3.05, 3.63) is 21.2 Å². The predicted octanol–water partition coefficient (Wildman–Crippen LogP) is 3.01. The zero-order chi connectivity index (χ0) is 10.3. The minimum Gasteiger partial charge on any atom is -0.495 e. The summed E-state index contributed by atoms with van der Waals surface area (Å²) in [7, 11) is 1.70. The van der Waals surface area contributed by atoms with Crippen molar-refractivity contribution in [1.82, 2.24) is 0 Å². The van der Waals surface area contributed by atoms with Gasteiger partial charge < -0.3 is 9.47 Å². The van der Waals surface area contributed by atoms with E-state index in [0.29, 0.717) is 0 Å². The molecule has 2 rings (SSSR count). The van der Waals surface area contributed by atoms with Gasteiger partial charge in [-0.25, -0.2) is 0 Å². The molecule has 0 atom stereocenters. The van der Waals surface area contributed by atoms with E-state index in [1.165, 1.54) is 16.7 Å². The largest absolute Gasteiger partial charge is 0.495 e. The van der Waals surface area contributed by atoms with Crippen LogP contribution in [0.5, 0.6) is 11.5 Å². The Balaban J connectivity index is 2.74. The standard InChI is InChI=1S/C11H13BrO2/c1-6-7(2)10-8(4-5-14-10)11(13-3)9(6)12/h4-5H2,1-3H3. The van der Waals surface area contributed by atoms with Crippen molar-refractivity contribution >= 4 is 15.9 Å². The number of hydrogen-bond acceptors (Lipinski definition) is 2. The van der Waals surface area contributed by atoms with Gasteiger partial charge in [-0.15, -0.1) is 0 Å². The first kappa shape index (κ1) is 9.84. The summed E-state index contributed by atoms with van der Waals surface area (Å²) < 4.78 is 12.1. The van der Waals surface area contributed by atoms with Crippen LogP contribution in [0.4, 0.5) is 0 Å². The van der Waals surface area contributed by atoms with E-state index in [9.17, 15) is 0 Å². The van der Waals surface area contributed by atoms with Gasteiger partial charge in [0.1, 0.15) is 11.5 Å². The Bertz CT molecular complexity index is 386. The normalized spacial score (nSPS) is 13.7. The second-order valence-electron chi connectivity index (χ2n) is 3.50. The van der Waals surface area contributed by atoms with Crippen LogP contribution < -0.4 is 9.47 Å². The third-order valence-corrected chi connectivity index (χ3v) is 3.74. The van der Waals surface area contributed by atoms with Crippen LogP contribution in [0.3, 0.4) is 0 Å². The van der Waals surface area contributed by atoms with Crippen LogP contribution in [-0.4, -0.2) is 13.7 Å². The zero-order valence-electron chi connectivity index (χ0n) is 8.61. The molecule has 0 fully saturated rings. The topological polar surface area (TPSA) is 18.5 Å². The van der Waals surface area contributed by atoms with E-state index in [-0.39, 0.29) is 0 Å². The average Bonchev–Trinajstić information content (AvgIpc) is 2.64. The maximum absolute atomic E-state index is 5.61. The van der Waals surface area contributed by atoms with Crippen LogP contribution in [0, 0.1) is 13.8 Å². The average molecular weight is 257 g/mol. The highest BCUT2D eigenvalue weighted by Gasteiger charge is 2.24. The van der Waals surface area contributed by atoms with Crippen molar-refractivity contribution in [2.24, 2.45) is 0 Å². The molecule has 0 amide bonds. The summed E-state index contributed by atoms with van der Waals surface area (Å²) in [5.41, 5.74) is 3.61. The number of halogens is 1. The van der Waals surface area contributed by atoms with E-state index in [4.69, 9.17) is 9.47 Å². The molecule has 0 aliphatic carbocycles. The van der Waals surface area contributed by atoms with Crippen LogP contribution in [-0.2, 0) is 6.42 Å². The number of fused-ring (bicyclic) bond motifs is 1. The van der Waals surface area contributed by atoms with Crippen molar-refractivity contribution in [2.45, 2.75) is 20.3 Å². The summed E-state index contributed by atoms with van der Waals surface area (Å²) in [4.78, 5) is 0. The van der Waals surface area contributed by atoms with Gasteiger partial charge in [-0.05, 0) is 40.9 Å². The molecule has 0 radical (unpaired) electrons. The number of ether oxygens (including phenoxy) is 2. The smallest absolute Gasteiger partial charge is 0.140 e. The summed E-state index contributed by atoms with van der Waals surface area (Å²) in [6.07, 6.45) is 0.943. The highest BCUT2D eigenvalue weighted by molar-refractivity contribution is 9.10. The van der Waals surface area contributed by atoms with E-state index in [1.807, 2.05) is 0 Å². The molecule has 0 aromatic heterocycles. The number of benzene rings is 1. The summed E-state index contributed by atoms with van der Waals surface area (Å²) >= 11 is 3.56. The van der Waals surface area contributed by atoms with Gasteiger partial charge >= 0.3 is 0 Å². The molecule has 0 unspecified atom stereocenters. The molecule has 1 aliphatic rings. The Kier molecular flexibility index (Phi) is 2.43. The molecule has 0 N–H and O–H groups in total. The third kappa shape index (κ3) is 1.22. The van der Waals surface area contributed by atoms with Crippen LogP contribution in [0.15, 0.2) is 4.47 Å². The number of hydrogen-bond donors (Lipinski definition) is 0. The quantitative estimate of drug-likeness (QED) is 0.769. The van der Waals surface area contributed by atoms with Gasteiger partial charge in [-0.2, -0.15) is 0 Å². The molecule has 1 heterocycles. The van der Waals surface area contributed by atoms with Gasteiger partial charge in [0.25, 0.3) is 0 Å². The first-order chi connectivity index (χ1) is 6.66. The SMILES string of the molecule is COc1c(Br)c(C)c(C)c2c1CCO2. The second kappa shape index (κ2) is 3.46. The van der Waals surface area contributed by atoms with Gasteiger partial charge in [0.05, 0.1) is 18.2 Å². The lowest BCUT2D eigenvalue weighted by atomic mass is 10.0. The Morgan fingerprint density at radius 1 is 1.29 bits per heavy atom. The van der Waals surface area contributed by atoms with Crippen LogP contribution in [0.1, 0.15) is 16.7 Å². The minimum absolute atomic E-state index is 0.766. The summed E-state index contributed by atoms with van der Waals surface area (Å²) in [5.74, 6) is 1.95. The fourth-order valence-electron chi connectivity index (χ4n) is 1.86. The van der Waals surface area contributed by atoms with Gasteiger partial charge in [0.15, 0.2) is 0 Å². The van der Waals surface area contributed by atoms with Gasteiger partial charge in [-0.3, -0.25) is 0 Å². The Morgan fingerprint density at radius 2 is 2.00 bits per heavy atom. The lowest BCUT2D eigenvalue weighted by Gasteiger charge is -2.14. The van der Waals surface area contributed by atoms with E-state index < -0.39 is 0 Å². The minimum atomic E-state index is 0.766. The zero-order valence-corrected chi connectivity index (χ0v) is 10.2. The highest BCUT2D eigenvalue weighted by Crippen LogP contribution is 2.44. The maximum atomic E-state index is 5.61. The Hall–Kier alpha value is -0.700. The molecule has 0 bridgehead atoms. The first-order valence-corrected chi connectivity index (χ1v) is 5.44. The highest BCUT2D eigenvalue weighted by atomic mass is 79.9. The van der Waals surface area contributed by atoms with Crippen molar-refractivity contribution in [1.29, 1.82) is 0 Å². The molecule has 0 spiro atoms. The first-order valence-electron chi connectivity index (χ1n) is 4.65. The molecular formula is C11H13BrO2. The molecular weight excluding hydrogens is 244 g/mol. The lowest BCUT2D eigenvalue weighted by molar-refractivity contribution is 0.354. The van der Waals surface area contributed by atoms with Gasteiger partial charge in [-0.1, -0.05) is 0 Å². The summed E-state index contributed by atoms with van der Waals surface area (Å²) in [5, 5.41) is 0. The second-order valence-corrected chi connectivity index (χ2v) is 4.30. The lowest BCUT2D eigenvalue weighted by Crippen LogP contribution is -1.95. The molecule has 1 aromatic rings. The van der Waals surface area contributed by atoms with Crippen molar-refractivity contribution in [2.75, 3.05) is 13.7 Å². The van der Waals surface area contributed by atoms with E-state index >= 15 is 0 Å². The number of methoxy groups -OCH3 is 1. The number of rotatable bonds is 1. The molecule has 76 valence electrons. The third-order valence-electron chi connectivity index (χ3n) is 2.78. The van der Waals surface area contributed by atoms with E-state index in [1.54, 1.807) is 7.11 Å². The van der Waals surface area contributed by atoms with Crippen LogP contribution in [0.2, 0.25) is 0 Å². The van der Waals surface area contributed by atoms with Crippen LogP contribution in [0.25, 0.3) is 0 Å². The monoisotopic (exact) mass is 256 g/mol. The van der Waals surface area contributed by atoms with E-state index in [2.05, 4.69) is 29.8 Å².